The third kappa shape index (κ3) is 1.49. The Labute approximate surface area is 87.4 Å². The van der Waals surface area contributed by atoms with Gasteiger partial charge in [0, 0.05) is 17.7 Å². The maximum absolute atomic E-state index is 10.1. The van der Waals surface area contributed by atoms with E-state index in [0.717, 1.165) is 11.2 Å². The molecule has 0 amide bonds. The van der Waals surface area contributed by atoms with Crippen molar-refractivity contribution in [1.29, 1.82) is 0 Å². The van der Waals surface area contributed by atoms with Gasteiger partial charge in [0.1, 0.15) is 0 Å². The van der Waals surface area contributed by atoms with Crippen LogP contribution in [-0.4, -0.2) is 14.3 Å². The first-order valence-corrected chi connectivity index (χ1v) is 4.87. The van der Waals surface area contributed by atoms with Crippen LogP contribution in [0.2, 0.25) is 5.15 Å². The lowest BCUT2D eigenvalue weighted by molar-refractivity contribution is -0.401. The van der Waals surface area contributed by atoms with E-state index < -0.39 is 4.92 Å². The summed E-state index contributed by atoms with van der Waals surface area (Å²) >= 11 is 7.21. The van der Waals surface area contributed by atoms with E-state index in [1.165, 1.54) is 17.4 Å². The molecule has 0 saturated carbocycles. The second-order valence-electron chi connectivity index (χ2n) is 2.44. The summed E-state index contributed by atoms with van der Waals surface area (Å²) in [6.07, 6.45) is 3.93. The number of nitro groups is 1. The fraction of sp³-hybridized carbons (Fsp3) is 0. The lowest BCUT2D eigenvalue weighted by Gasteiger charge is -1.87. The Balaban J connectivity index is 2.54. The zero-order chi connectivity index (χ0) is 10.1. The number of halogens is 1. The number of rotatable bonds is 2. The Hall–Kier alpha value is -1.40. The molecule has 0 aliphatic rings. The number of imidazole rings is 1. The molecule has 0 unspecified atom stereocenters. The molecule has 0 aliphatic heterocycles. The fourth-order valence-corrected chi connectivity index (χ4v) is 2.06. The molecule has 72 valence electrons. The number of hydrogen-bond acceptors (Lipinski definition) is 4. The molecule has 0 saturated heterocycles. The molecular weight excluding hydrogens is 226 g/mol. The minimum absolute atomic E-state index is 0.273. The van der Waals surface area contributed by atoms with E-state index in [2.05, 4.69) is 4.98 Å². The van der Waals surface area contributed by atoms with Crippen molar-refractivity contribution in [2.45, 2.75) is 0 Å². The molecule has 2 heterocycles. The van der Waals surface area contributed by atoms with Gasteiger partial charge >= 0.3 is 0 Å². The summed E-state index contributed by atoms with van der Waals surface area (Å²) in [6, 6.07) is 0. The van der Waals surface area contributed by atoms with Gasteiger partial charge in [0.05, 0.1) is 10.6 Å². The molecule has 0 aromatic carbocycles. The number of nitrogens with zero attached hydrogens (tertiary/aromatic N) is 3. The highest BCUT2D eigenvalue weighted by Gasteiger charge is 2.08. The molecule has 0 N–H and O–H groups in total. The van der Waals surface area contributed by atoms with E-state index >= 15 is 0 Å². The highest BCUT2D eigenvalue weighted by atomic mass is 35.5. The van der Waals surface area contributed by atoms with Gasteiger partial charge in [0.25, 0.3) is 0 Å². The van der Waals surface area contributed by atoms with Crippen molar-refractivity contribution in [3.05, 3.63) is 38.7 Å². The first-order valence-electron chi connectivity index (χ1n) is 3.61. The zero-order valence-electron chi connectivity index (χ0n) is 6.75. The lowest BCUT2D eigenvalue weighted by Crippen LogP contribution is -1.85. The van der Waals surface area contributed by atoms with Crippen molar-refractivity contribution in [3.8, 4) is 0 Å². The van der Waals surface area contributed by atoms with E-state index in [4.69, 9.17) is 11.6 Å². The maximum atomic E-state index is 10.1. The molecule has 0 bridgehead atoms. The van der Waals surface area contributed by atoms with Crippen LogP contribution in [0.5, 0.6) is 0 Å². The van der Waals surface area contributed by atoms with E-state index in [1.54, 1.807) is 10.6 Å². The van der Waals surface area contributed by atoms with E-state index in [0.29, 0.717) is 5.69 Å². The van der Waals surface area contributed by atoms with E-state index in [9.17, 15) is 10.1 Å². The number of fused-ring (bicyclic) bond motifs is 1. The molecule has 7 heteroatoms. The molecule has 2 aromatic heterocycles. The topological polar surface area (TPSA) is 60.4 Å². The molecule has 0 fully saturated rings. The van der Waals surface area contributed by atoms with Crippen molar-refractivity contribution < 1.29 is 4.92 Å². The summed E-state index contributed by atoms with van der Waals surface area (Å²) in [5.41, 5.74) is 0.527. The van der Waals surface area contributed by atoms with Crippen LogP contribution in [-0.2, 0) is 0 Å². The summed E-state index contributed by atoms with van der Waals surface area (Å²) in [5.74, 6) is 0. The predicted octanol–water partition coefficient (Wildman–Crippen LogP) is 2.30. The van der Waals surface area contributed by atoms with Gasteiger partial charge in [0.15, 0.2) is 10.1 Å². The quantitative estimate of drug-likeness (QED) is 0.586. The molecule has 5 nitrogen and oxygen atoms in total. The summed E-state index contributed by atoms with van der Waals surface area (Å²) in [5, 5.41) is 12.2. The summed E-state index contributed by atoms with van der Waals surface area (Å²) in [6.45, 7) is 0. The smallest absolute Gasteiger partial charge is 0.236 e. The van der Waals surface area contributed by atoms with Gasteiger partial charge in [0.2, 0.25) is 6.20 Å². The molecule has 2 aromatic rings. The van der Waals surface area contributed by atoms with Gasteiger partial charge in [-0.05, 0) is 0 Å². The average Bonchev–Trinajstić information content (AvgIpc) is 2.61. The van der Waals surface area contributed by atoms with Crippen molar-refractivity contribution in [2.75, 3.05) is 0 Å². The van der Waals surface area contributed by atoms with Gasteiger partial charge in [-0.15, -0.1) is 11.3 Å². The Morgan fingerprint density at radius 1 is 1.71 bits per heavy atom. The SMILES string of the molecule is O=[N+]([O-])/C=C/c1c(Cl)nc2sccn12. The third-order valence-corrected chi connectivity index (χ3v) is 2.64. The largest absolute Gasteiger partial charge is 0.289 e. The summed E-state index contributed by atoms with van der Waals surface area (Å²) in [4.78, 5) is 14.3. The van der Waals surface area contributed by atoms with Crippen molar-refractivity contribution in [3.63, 3.8) is 0 Å². The van der Waals surface area contributed by atoms with Gasteiger partial charge in [-0.1, -0.05) is 11.6 Å². The standard InChI is InChI=1S/C7H4ClN3O2S/c8-6-5(1-2-11(12)13)10-3-4-14-7(10)9-6/h1-4H/b2-1+. The van der Waals surface area contributed by atoms with Crippen molar-refractivity contribution in [1.82, 2.24) is 9.38 Å². The van der Waals surface area contributed by atoms with E-state index in [-0.39, 0.29) is 5.15 Å². The van der Waals surface area contributed by atoms with Crippen LogP contribution in [0.1, 0.15) is 5.69 Å². The minimum atomic E-state index is -0.540. The average molecular weight is 230 g/mol. The van der Waals surface area contributed by atoms with Gasteiger partial charge in [-0.2, -0.15) is 0 Å². The number of hydrogen-bond donors (Lipinski definition) is 0. The Bertz CT molecular complexity index is 516. The highest BCUT2D eigenvalue weighted by Crippen LogP contribution is 2.22. The van der Waals surface area contributed by atoms with Crippen LogP contribution in [0.15, 0.2) is 17.8 Å². The molecule has 0 radical (unpaired) electrons. The van der Waals surface area contributed by atoms with Gasteiger partial charge < -0.3 is 0 Å². The first kappa shape index (κ1) is 9.17. The predicted molar refractivity (Wildman–Crippen MR) is 54.1 cm³/mol. The zero-order valence-corrected chi connectivity index (χ0v) is 8.33. The van der Waals surface area contributed by atoms with Crippen LogP contribution in [0.3, 0.4) is 0 Å². The third-order valence-electron chi connectivity index (χ3n) is 1.61. The molecule has 0 spiro atoms. The molecule has 14 heavy (non-hydrogen) atoms. The van der Waals surface area contributed by atoms with Crippen LogP contribution in [0.25, 0.3) is 11.0 Å². The van der Waals surface area contributed by atoms with Crippen LogP contribution in [0.4, 0.5) is 0 Å². The van der Waals surface area contributed by atoms with Crippen molar-refractivity contribution in [2.24, 2.45) is 0 Å². The first-order chi connectivity index (χ1) is 6.68. The Morgan fingerprint density at radius 3 is 3.21 bits per heavy atom. The van der Waals surface area contributed by atoms with E-state index in [1.807, 2.05) is 5.38 Å². The van der Waals surface area contributed by atoms with Crippen LogP contribution in [0, 0.1) is 10.1 Å². The minimum Gasteiger partial charge on any atom is -0.289 e. The summed E-state index contributed by atoms with van der Waals surface area (Å²) in [7, 11) is 0. The van der Waals surface area contributed by atoms with Gasteiger partial charge in [-0.3, -0.25) is 14.5 Å². The molecule has 0 aliphatic carbocycles. The molecule has 2 rings (SSSR count). The monoisotopic (exact) mass is 229 g/mol. The number of thiazole rings is 1. The summed E-state index contributed by atoms with van der Waals surface area (Å²) < 4.78 is 1.70. The van der Waals surface area contributed by atoms with Crippen LogP contribution >= 0.6 is 22.9 Å². The van der Waals surface area contributed by atoms with Crippen molar-refractivity contribution >= 4 is 34.0 Å². The number of aromatic nitrogens is 2. The normalized spacial score (nSPS) is 11.5. The lowest BCUT2D eigenvalue weighted by atomic mass is 10.4. The Kier molecular flexibility index (Phi) is 2.22. The molecule has 0 atom stereocenters. The highest BCUT2D eigenvalue weighted by molar-refractivity contribution is 7.15. The second-order valence-corrected chi connectivity index (χ2v) is 3.68. The maximum Gasteiger partial charge on any atom is 0.236 e. The fourth-order valence-electron chi connectivity index (χ4n) is 1.06. The Morgan fingerprint density at radius 2 is 2.50 bits per heavy atom. The molecular formula is C7H4ClN3O2S. The van der Waals surface area contributed by atoms with Gasteiger partial charge in [-0.25, -0.2) is 4.98 Å². The second kappa shape index (κ2) is 3.39. The van der Waals surface area contributed by atoms with Crippen LogP contribution < -0.4 is 0 Å².